The summed E-state index contributed by atoms with van der Waals surface area (Å²) in [6.07, 6.45) is 5.65. The first-order valence-electron chi connectivity index (χ1n) is 8.71. The van der Waals surface area contributed by atoms with Crippen molar-refractivity contribution in [2.45, 2.75) is 31.3 Å². The van der Waals surface area contributed by atoms with E-state index in [1.165, 1.54) is 0 Å². The molecule has 25 heavy (non-hydrogen) atoms. The molecule has 1 aliphatic rings. The third-order valence-electron chi connectivity index (χ3n) is 4.81. The van der Waals surface area contributed by atoms with E-state index in [1.807, 2.05) is 73.1 Å². The van der Waals surface area contributed by atoms with Crippen molar-refractivity contribution in [2.75, 3.05) is 0 Å². The van der Waals surface area contributed by atoms with Gasteiger partial charge >= 0.3 is 0 Å². The molecule has 126 valence electrons. The summed E-state index contributed by atoms with van der Waals surface area (Å²) in [7, 11) is 0. The molecule has 0 fully saturated rings. The number of fused-ring (bicyclic) bond motifs is 1. The summed E-state index contributed by atoms with van der Waals surface area (Å²) in [6.45, 7) is 0.789. The number of rotatable bonds is 4. The average Bonchev–Trinajstić information content (AvgIpc) is 3.11. The quantitative estimate of drug-likeness (QED) is 0.798. The highest BCUT2D eigenvalue weighted by atomic mass is 16.2. The molecule has 3 aromatic rings. The third-order valence-corrected chi connectivity index (χ3v) is 4.81. The van der Waals surface area contributed by atoms with E-state index >= 15 is 0 Å². The van der Waals surface area contributed by atoms with Crippen molar-refractivity contribution in [3.8, 4) is 0 Å². The molecule has 1 atom stereocenters. The maximum Gasteiger partial charge on any atom is 0.232 e. The first-order valence-corrected chi connectivity index (χ1v) is 8.71. The van der Waals surface area contributed by atoms with Crippen LogP contribution in [0.4, 0.5) is 0 Å². The Morgan fingerprint density at radius 3 is 2.32 bits per heavy atom. The van der Waals surface area contributed by atoms with Crippen molar-refractivity contribution in [1.29, 1.82) is 0 Å². The molecule has 1 aromatic heterocycles. The van der Waals surface area contributed by atoms with Crippen LogP contribution in [0.1, 0.15) is 29.3 Å². The first-order chi connectivity index (χ1) is 12.3. The first kappa shape index (κ1) is 15.6. The van der Waals surface area contributed by atoms with E-state index < -0.39 is 0 Å². The number of aromatic nitrogens is 2. The standard InChI is InChI=1S/C21H21N3O/c25-21(23-18-11-12-19-22-13-14-24(19)15-18)20(16-7-3-1-4-8-16)17-9-5-2-6-10-17/h1-10,13-14,18,20H,11-12,15H2,(H,23,25). The van der Waals surface area contributed by atoms with Crippen molar-refractivity contribution < 1.29 is 4.79 Å². The van der Waals surface area contributed by atoms with Gasteiger partial charge in [0, 0.05) is 31.4 Å². The summed E-state index contributed by atoms with van der Waals surface area (Å²) in [5.74, 6) is 0.880. The van der Waals surface area contributed by atoms with Gasteiger partial charge in [0.05, 0.1) is 5.92 Å². The molecule has 0 radical (unpaired) electrons. The van der Waals surface area contributed by atoms with Gasteiger partial charge < -0.3 is 9.88 Å². The van der Waals surface area contributed by atoms with Crippen LogP contribution >= 0.6 is 0 Å². The SMILES string of the molecule is O=C(NC1CCc2nccn2C1)C(c1ccccc1)c1ccccc1. The Kier molecular flexibility index (Phi) is 4.34. The lowest BCUT2D eigenvalue weighted by Crippen LogP contribution is -2.43. The molecule has 1 N–H and O–H groups in total. The second-order valence-corrected chi connectivity index (χ2v) is 6.49. The van der Waals surface area contributed by atoms with Gasteiger partial charge in [-0.3, -0.25) is 4.79 Å². The van der Waals surface area contributed by atoms with E-state index in [4.69, 9.17) is 0 Å². The number of hydrogen-bond donors (Lipinski definition) is 1. The number of hydrogen-bond acceptors (Lipinski definition) is 2. The van der Waals surface area contributed by atoms with Gasteiger partial charge in [-0.1, -0.05) is 60.7 Å². The maximum absolute atomic E-state index is 13.1. The number of benzene rings is 2. The number of carbonyl (C=O) groups excluding carboxylic acids is 1. The van der Waals surface area contributed by atoms with Gasteiger partial charge in [0.2, 0.25) is 5.91 Å². The third kappa shape index (κ3) is 3.33. The number of nitrogens with zero attached hydrogens (tertiary/aromatic N) is 2. The summed E-state index contributed by atoms with van der Waals surface area (Å²) in [6, 6.07) is 20.1. The number of amides is 1. The van der Waals surface area contributed by atoms with Crippen molar-refractivity contribution in [3.63, 3.8) is 0 Å². The Morgan fingerprint density at radius 2 is 1.68 bits per heavy atom. The van der Waals surface area contributed by atoms with Crippen LogP contribution in [-0.4, -0.2) is 21.5 Å². The van der Waals surface area contributed by atoms with E-state index in [2.05, 4.69) is 14.9 Å². The Morgan fingerprint density at radius 1 is 1.04 bits per heavy atom. The smallest absolute Gasteiger partial charge is 0.232 e. The molecule has 4 nitrogen and oxygen atoms in total. The molecular weight excluding hydrogens is 310 g/mol. The van der Waals surface area contributed by atoms with Crippen LogP contribution < -0.4 is 5.32 Å². The highest BCUT2D eigenvalue weighted by Gasteiger charge is 2.26. The summed E-state index contributed by atoms with van der Waals surface area (Å²) < 4.78 is 2.13. The van der Waals surface area contributed by atoms with E-state index in [9.17, 15) is 4.79 Å². The second-order valence-electron chi connectivity index (χ2n) is 6.49. The van der Waals surface area contributed by atoms with E-state index in [-0.39, 0.29) is 17.9 Å². The van der Waals surface area contributed by atoms with Gasteiger partial charge in [-0.05, 0) is 17.5 Å². The van der Waals surface area contributed by atoms with Gasteiger partial charge in [-0.2, -0.15) is 0 Å². The Hall–Kier alpha value is -2.88. The van der Waals surface area contributed by atoms with Gasteiger partial charge in [0.25, 0.3) is 0 Å². The lowest BCUT2D eigenvalue weighted by Gasteiger charge is -2.27. The minimum atomic E-state index is -0.286. The molecular formula is C21H21N3O. The molecule has 1 amide bonds. The van der Waals surface area contributed by atoms with Crippen LogP contribution in [-0.2, 0) is 17.8 Å². The predicted molar refractivity (Wildman–Crippen MR) is 97.2 cm³/mol. The average molecular weight is 331 g/mol. The summed E-state index contributed by atoms with van der Waals surface area (Å²) in [5, 5.41) is 3.26. The zero-order valence-electron chi connectivity index (χ0n) is 14.0. The molecule has 1 aliphatic heterocycles. The molecule has 0 spiro atoms. The maximum atomic E-state index is 13.1. The number of aryl methyl sites for hydroxylation is 1. The van der Waals surface area contributed by atoms with Crippen molar-refractivity contribution >= 4 is 5.91 Å². The van der Waals surface area contributed by atoms with E-state index in [1.54, 1.807) is 0 Å². The summed E-state index contributed by atoms with van der Waals surface area (Å²) >= 11 is 0. The minimum absolute atomic E-state index is 0.0611. The fraction of sp³-hybridized carbons (Fsp3) is 0.238. The predicted octanol–water partition coefficient (Wildman–Crippen LogP) is 3.15. The Bertz CT molecular complexity index is 802. The fourth-order valence-electron chi connectivity index (χ4n) is 3.55. The second kappa shape index (κ2) is 6.93. The topological polar surface area (TPSA) is 46.9 Å². The van der Waals surface area contributed by atoms with Crippen LogP contribution in [0.5, 0.6) is 0 Å². The minimum Gasteiger partial charge on any atom is -0.351 e. The highest BCUT2D eigenvalue weighted by Crippen LogP contribution is 2.25. The zero-order valence-corrected chi connectivity index (χ0v) is 14.0. The monoisotopic (exact) mass is 331 g/mol. The van der Waals surface area contributed by atoms with Crippen LogP contribution in [0.15, 0.2) is 73.1 Å². The molecule has 0 bridgehead atoms. The Labute approximate surface area is 147 Å². The molecule has 2 aromatic carbocycles. The molecule has 2 heterocycles. The molecule has 1 unspecified atom stereocenters. The van der Waals surface area contributed by atoms with E-state index in [0.717, 1.165) is 36.3 Å². The molecule has 0 saturated carbocycles. The largest absolute Gasteiger partial charge is 0.351 e. The normalized spacial score (nSPS) is 16.4. The van der Waals surface area contributed by atoms with Crippen molar-refractivity contribution in [3.05, 3.63) is 90.0 Å². The summed E-state index contributed by atoms with van der Waals surface area (Å²) in [5.41, 5.74) is 2.04. The highest BCUT2D eigenvalue weighted by molar-refractivity contribution is 5.87. The summed E-state index contributed by atoms with van der Waals surface area (Å²) in [4.78, 5) is 17.5. The number of carbonyl (C=O) groups is 1. The van der Waals surface area contributed by atoms with Crippen LogP contribution in [0, 0.1) is 0 Å². The van der Waals surface area contributed by atoms with Gasteiger partial charge in [-0.15, -0.1) is 0 Å². The van der Waals surface area contributed by atoms with Crippen LogP contribution in [0.25, 0.3) is 0 Å². The van der Waals surface area contributed by atoms with Gasteiger partial charge in [-0.25, -0.2) is 4.98 Å². The van der Waals surface area contributed by atoms with Crippen LogP contribution in [0.2, 0.25) is 0 Å². The number of imidazole rings is 1. The lowest BCUT2D eigenvalue weighted by atomic mass is 9.90. The van der Waals surface area contributed by atoms with E-state index in [0.29, 0.717) is 0 Å². The van der Waals surface area contributed by atoms with Gasteiger partial charge in [0.1, 0.15) is 5.82 Å². The fourth-order valence-corrected chi connectivity index (χ4v) is 3.55. The molecule has 0 aliphatic carbocycles. The number of nitrogens with one attached hydrogen (secondary N) is 1. The van der Waals surface area contributed by atoms with Crippen LogP contribution in [0.3, 0.4) is 0 Å². The Balaban J connectivity index is 1.56. The molecule has 0 saturated heterocycles. The lowest BCUT2D eigenvalue weighted by molar-refractivity contribution is -0.122. The van der Waals surface area contributed by atoms with Crippen molar-refractivity contribution in [2.24, 2.45) is 0 Å². The molecule has 4 rings (SSSR count). The zero-order chi connectivity index (χ0) is 17.1. The molecule has 4 heteroatoms. The van der Waals surface area contributed by atoms with Gasteiger partial charge in [0.15, 0.2) is 0 Å². The van der Waals surface area contributed by atoms with Crippen molar-refractivity contribution in [1.82, 2.24) is 14.9 Å².